The average molecular weight is 367 g/mol. The summed E-state index contributed by atoms with van der Waals surface area (Å²) in [6.45, 7) is 3.73. The lowest BCUT2D eigenvalue weighted by atomic mass is 10.1. The summed E-state index contributed by atoms with van der Waals surface area (Å²) in [4.78, 5) is 16.6. The van der Waals surface area contributed by atoms with Gasteiger partial charge in [-0.25, -0.2) is 4.39 Å². The molecule has 0 saturated heterocycles. The number of carbonyl (C=O) groups is 1. The van der Waals surface area contributed by atoms with Crippen LogP contribution in [0.1, 0.15) is 25.5 Å². The van der Waals surface area contributed by atoms with Crippen LogP contribution in [0.3, 0.4) is 0 Å². The molecule has 1 atom stereocenters. The smallest absolute Gasteiger partial charge is 0.212 e. The first kappa shape index (κ1) is 20.5. The molecule has 0 aliphatic carbocycles. The van der Waals surface area contributed by atoms with Gasteiger partial charge in [-0.3, -0.25) is 15.2 Å². The van der Waals surface area contributed by atoms with Crippen LogP contribution in [-0.2, 0) is 4.79 Å². The summed E-state index contributed by atoms with van der Waals surface area (Å²) < 4.78 is 13.4. The monoisotopic (exact) mass is 366 g/mol. The van der Waals surface area contributed by atoms with E-state index in [-0.39, 0.29) is 22.0 Å². The molecule has 8 heteroatoms. The number of Topliss-reactive ketones (excluding diaryl/α,β-unsaturated/α-hetero) is 1. The van der Waals surface area contributed by atoms with E-state index in [1.807, 2.05) is 0 Å². The third-order valence-electron chi connectivity index (χ3n) is 3.10. The Bertz CT molecular complexity index is 742. The predicted octanol–water partition coefficient (Wildman–Crippen LogP) is 2.89. The zero-order valence-electron chi connectivity index (χ0n) is 13.9. The molecular weight excluding hydrogens is 347 g/mol. The number of halogens is 2. The Hall–Kier alpha value is -2.51. The maximum Gasteiger partial charge on any atom is 0.212 e. The lowest BCUT2D eigenvalue weighted by molar-refractivity contribution is -0.111. The molecule has 134 valence electrons. The second-order valence-corrected chi connectivity index (χ2v) is 5.42. The molecule has 0 heterocycles. The Morgan fingerprint density at radius 3 is 2.76 bits per heavy atom. The van der Waals surface area contributed by atoms with Crippen molar-refractivity contribution in [1.82, 2.24) is 0 Å². The summed E-state index contributed by atoms with van der Waals surface area (Å²) in [5.74, 6) is -1.08. The van der Waals surface area contributed by atoms with E-state index in [0.29, 0.717) is 12.2 Å². The molecule has 0 spiro atoms. The Morgan fingerprint density at radius 1 is 1.56 bits per heavy atom. The Labute approximate surface area is 150 Å². The molecule has 1 aromatic rings. The Balaban J connectivity index is 3.29. The molecule has 1 unspecified atom stereocenters. The number of hydrogen-bond donors (Lipinski definition) is 4. The van der Waals surface area contributed by atoms with Crippen LogP contribution < -0.4 is 11.1 Å². The number of hydrogen-bond acceptors (Lipinski definition) is 6. The van der Waals surface area contributed by atoms with Crippen LogP contribution in [0, 0.1) is 11.2 Å². The van der Waals surface area contributed by atoms with E-state index in [2.05, 4.69) is 10.3 Å². The van der Waals surface area contributed by atoms with Gasteiger partial charge in [-0.1, -0.05) is 11.6 Å². The SMILES string of the molecule is CCN=CC(=CN)C(=O)/C(=C/C(=N)Cl)Nc1ccc(F)cc1C(C)O. The van der Waals surface area contributed by atoms with Crippen molar-refractivity contribution in [2.45, 2.75) is 20.0 Å². The highest BCUT2D eigenvalue weighted by Gasteiger charge is 2.17. The fourth-order valence-corrected chi connectivity index (χ4v) is 2.05. The number of nitrogens with one attached hydrogen (secondary N) is 2. The number of aliphatic hydroxyl groups excluding tert-OH is 1. The van der Waals surface area contributed by atoms with Crippen LogP contribution in [0.4, 0.5) is 10.1 Å². The summed E-state index contributed by atoms with van der Waals surface area (Å²) in [6.07, 6.45) is 2.53. The molecule has 0 fully saturated rings. The topological polar surface area (TPSA) is 112 Å². The van der Waals surface area contributed by atoms with Gasteiger partial charge in [0.2, 0.25) is 5.78 Å². The molecule has 0 saturated carbocycles. The van der Waals surface area contributed by atoms with Gasteiger partial charge in [0.1, 0.15) is 11.0 Å². The van der Waals surface area contributed by atoms with Crippen molar-refractivity contribution in [2.75, 3.05) is 11.9 Å². The van der Waals surface area contributed by atoms with Gasteiger partial charge in [-0.05, 0) is 32.0 Å². The van der Waals surface area contributed by atoms with E-state index >= 15 is 0 Å². The third kappa shape index (κ3) is 6.13. The van der Waals surface area contributed by atoms with Gasteiger partial charge in [0.25, 0.3) is 0 Å². The van der Waals surface area contributed by atoms with Crippen LogP contribution >= 0.6 is 11.6 Å². The Morgan fingerprint density at radius 2 is 2.24 bits per heavy atom. The number of anilines is 1. The zero-order chi connectivity index (χ0) is 19.0. The van der Waals surface area contributed by atoms with E-state index < -0.39 is 17.7 Å². The van der Waals surface area contributed by atoms with Gasteiger partial charge in [0.05, 0.1) is 17.4 Å². The second kappa shape index (κ2) is 9.71. The van der Waals surface area contributed by atoms with E-state index in [0.717, 1.165) is 18.3 Å². The number of nitrogens with zero attached hydrogens (tertiary/aromatic N) is 1. The molecule has 0 radical (unpaired) electrons. The fourth-order valence-electron chi connectivity index (χ4n) is 1.95. The van der Waals surface area contributed by atoms with E-state index in [4.69, 9.17) is 22.7 Å². The number of carbonyl (C=O) groups excluding carboxylic acids is 1. The van der Waals surface area contributed by atoms with E-state index in [1.165, 1.54) is 25.3 Å². The molecule has 5 N–H and O–H groups in total. The largest absolute Gasteiger partial charge is 0.404 e. The van der Waals surface area contributed by atoms with Crippen LogP contribution in [0.25, 0.3) is 0 Å². The van der Waals surface area contributed by atoms with Crippen molar-refractivity contribution in [2.24, 2.45) is 10.7 Å². The highest BCUT2D eigenvalue weighted by atomic mass is 35.5. The van der Waals surface area contributed by atoms with Gasteiger partial charge < -0.3 is 16.2 Å². The molecule has 1 rings (SSSR count). The summed E-state index contributed by atoms with van der Waals surface area (Å²) in [5.41, 5.74) is 6.06. The van der Waals surface area contributed by atoms with Crippen LogP contribution in [-0.4, -0.2) is 28.8 Å². The van der Waals surface area contributed by atoms with Crippen molar-refractivity contribution in [1.29, 1.82) is 5.41 Å². The summed E-state index contributed by atoms with van der Waals surface area (Å²) >= 11 is 5.58. The van der Waals surface area contributed by atoms with Crippen LogP contribution in [0.2, 0.25) is 0 Å². The molecular formula is C17H20ClFN4O2. The maximum atomic E-state index is 13.4. The zero-order valence-corrected chi connectivity index (χ0v) is 14.6. The quantitative estimate of drug-likeness (QED) is 0.418. The fraction of sp³-hybridized carbons (Fsp3) is 0.235. The van der Waals surface area contributed by atoms with Crippen molar-refractivity contribution in [3.05, 3.63) is 53.1 Å². The molecule has 25 heavy (non-hydrogen) atoms. The third-order valence-corrected chi connectivity index (χ3v) is 3.21. The number of rotatable bonds is 8. The number of aliphatic hydroxyl groups is 1. The van der Waals surface area contributed by atoms with Gasteiger partial charge in [-0.2, -0.15) is 0 Å². The van der Waals surface area contributed by atoms with Crippen molar-refractivity contribution < 1.29 is 14.3 Å². The number of ketones is 1. The first-order chi connectivity index (χ1) is 11.8. The number of aliphatic imine (C=N–C) groups is 1. The van der Waals surface area contributed by atoms with Crippen molar-refractivity contribution in [3.8, 4) is 0 Å². The first-order valence-corrected chi connectivity index (χ1v) is 7.84. The van der Waals surface area contributed by atoms with Crippen molar-refractivity contribution in [3.63, 3.8) is 0 Å². The molecule has 0 aliphatic rings. The van der Waals surface area contributed by atoms with Gasteiger partial charge in [-0.15, -0.1) is 0 Å². The van der Waals surface area contributed by atoms with Gasteiger partial charge >= 0.3 is 0 Å². The van der Waals surface area contributed by atoms with Crippen molar-refractivity contribution >= 4 is 34.5 Å². The summed E-state index contributed by atoms with van der Waals surface area (Å²) in [5, 5.41) is 19.6. The molecule has 0 bridgehead atoms. The second-order valence-electron chi connectivity index (χ2n) is 5.02. The normalized spacial score (nSPS) is 13.8. The lowest BCUT2D eigenvalue weighted by Gasteiger charge is -2.16. The minimum absolute atomic E-state index is 0.0623. The predicted molar refractivity (Wildman–Crippen MR) is 98.6 cm³/mol. The van der Waals surface area contributed by atoms with E-state index in [9.17, 15) is 14.3 Å². The number of nitrogens with two attached hydrogens (primary N) is 1. The lowest BCUT2D eigenvalue weighted by Crippen LogP contribution is -2.18. The molecule has 0 aliphatic heterocycles. The highest BCUT2D eigenvalue weighted by Crippen LogP contribution is 2.25. The molecule has 6 nitrogen and oxygen atoms in total. The summed E-state index contributed by atoms with van der Waals surface area (Å²) in [6, 6.07) is 3.71. The molecule has 0 aromatic heterocycles. The van der Waals surface area contributed by atoms with Crippen LogP contribution in [0.5, 0.6) is 0 Å². The number of benzene rings is 1. The Kier molecular flexibility index (Phi) is 7.97. The minimum atomic E-state index is -0.976. The van der Waals surface area contributed by atoms with Gasteiger partial charge in [0.15, 0.2) is 0 Å². The van der Waals surface area contributed by atoms with Gasteiger partial charge in [0, 0.05) is 36.3 Å². The average Bonchev–Trinajstić information content (AvgIpc) is 2.55. The minimum Gasteiger partial charge on any atom is -0.404 e. The van der Waals surface area contributed by atoms with Crippen LogP contribution in [0.15, 0.2) is 46.7 Å². The standard InChI is InChI=1S/C17H20ClFN4O2/c1-3-22-9-11(8-20)17(25)15(7-16(18)21)23-14-5-4-12(19)6-13(14)10(2)24/h4-10,21,23-24H,3,20H2,1-2H3/b11-8?,15-7-,21-16?,22-9?. The molecule has 1 aromatic carbocycles. The summed E-state index contributed by atoms with van der Waals surface area (Å²) in [7, 11) is 0. The van der Waals surface area contributed by atoms with E-state index in [1.54, 1.807) is 6.92 Å². The molecule has 0 amide bonds. The number of allylic oxidation sites excluding steroid dienone is 2. The first-order valence-electron chi connectivity index (χ1n) is 7.46. The maximum absolute atomic E-state index is 13.4. The highest BCUT2D eigenvalue weighted by molar-refractivity contribution is 6.67.